The summed E-state index contributed by atoms with van der Waals surface area (Å²) in [5.74, 6) is 0. The number of hydrogen-bond acceptors (Lipinski definition) is 2. The number of aryl methyl sites for hydroxylation is 1. The van der Waals surface area contributed by atoms with Crippen LogP contribution in [0.2, 0.25) is 0 Å². The van der Waals surface area contributed by atoms with E-state index < -0.39 is 0 Å². The highest BCUT2D eigenvalue weighted by molar-refractivity contribution is 5.25. The molecule has 1 atom stereocenters. The zero-order valence-electron chi connectivity index (χ0n) is 12.0. The summed E-state index contributed by atoms with van der Waals surface area (Å²) < 4.78 is 5.47. The Hall–Kier alpha value is -0.860. The van der Waals surface area contributed by atoms with Crippen molar-refractivity contribution >= 4 is 0 Å². The Morgan fingerprint density at radius 3 is 2.39 bits per heavy atom. The summed E-state index contributed by atoms with van der Waals surface area (Å²) >= 11 is 0. The minimum absolute atomic E-state index is 0.419. The molecule has 0 fully saturated rings. The lowest BCUT2D eigenvalue weighted by Crippen LogP contribution is -2.23. The molecule has 0 heterocycles. The first-order valence-electron chi connectivity index (χ1n) is 7.21. The first-order chi connectivity index (χ1) is 8.81. The summed E-state index contributed by atoms with van der Waals surface area (Å²) in [5, 5.41) is 3.60. The van der Waals surface area contributed by atoms with Gasteiger partial charge in [-0.1, -0.05) is 38.1 Å². The van der Waals surface area contributed by atoms with E-state index in [9.17, 15) is 0 Å². The normalized spacial score (nSPS) is 12.6. The molecule has 0 aliphatic carbocycles. The molecule has 102 valence electrons. The Bertz CT molecular complexity index is 307. The van der Waals surface area contributed by atoms with Gasteiger partial charge in [-0.05, 0) is 43.9 Å². The molecule has 0 aliphatic heterocycles. The molecule has 0 saturated carbocycles. The average molecular weight is 249 g/mol. The molecular formula is C16H27NO. The van der Waals surface area contributed by atoms with E-state index >= 15 is 0 Å². The van der Waals surface area contributed by atoms with Crippen LogP contribution in [0, 0.1) is 0 Å². The maximum atomic E-state index is 5.47. The van der Waals surface area contributed by atoms with Crippen molar-refractivity contribution in [3.63, 3.8) is 0 Å². The number of nitrogens with one attached hydrogen (secondary N) is 1. The van der Waals surface area contributed by atoms with E-state index in [0.717, 1.165) is 39.0 Å². The largest absolute Gasteiger partial charge is 0.382 e. The Morgan fingerprint density at radius 1 is 1.11 bits per heavy atom. The lowest BCUT2D eigenvalue weighted by atomic mass is 10.0. The predicted octanol–water partition coefficient (Wildman–Crippen LogP) is 3.72. The van der Waals surface area contributed by atoms with Crippen LogP contribution in [0.5, 0.6) is 0 Å². The van der Waals surface area contributed by atoms with Crippen LogP contribution in [0.4, 0.5) is 0 Å². The second-order valence-corrected chi connectivity index (χ2v) is 4.59. The lowest BCUT2D eigenvalue weighted by molar-refractivity contribution is 0.136. The summed E-state index contributed by atoms with van der Waals surface area (Å²) in [6.45, 7) is 9.13. The van der Waals surface area contributed by atoms with E-state index in [1.165, 1.54) is 11.1 Å². The average Bonchev–Trinajstić information content (AvgIpc) is 2.43. The maximum absolute atomic E-state index is 5.47. The van der Waals surface area contributed by atoms with Crippen LogP contribution >= 0.6 is 0 Å². The third-order valence-corrected chi connectivity index (χ3v) is 3.19. The minimum atomic E-state index is 0.419. The van der Waals surface area contributed by atoms with Gasteiger partial charge in [-0.15, -0.1) is 0 Å². The molecule has 0 saturated heterocycles. The zero-order chi connectivity index (χ0) is 13.2. The maximum Gasteiger partial charge on any atom is 0.0484 e. The van der Waals surface area contributed by atoms with Crippen LogP contribution in [-0.2, 0) is 11.2 Å². The van der Waals surface area contributed by atoms with Crippen molar-refractivity contribution in [3.8, 4) is 0 Å². The molecule has 2 nitrogen and oxygen atoms in total. The van der Waals surface area contributed by atoms with Gasteiger partial charge in [0.25, 0.3) is 0 Å². The number of ether oxygens (including phenoxy) is 1. The van der Waals surface area contributed by atoms with Gasteiger partial charge in [-0.25, -0.2) is 0 Å². The molecule has 0 aliphatic rings. The van der Waals surface area contributed by atoms with Crippen LogP contribution in [0.25, 0.3) is 0 Å². The predicted molar refractivity (Wildman–Crippen MR) is 78.0 cm³/mol. The lowest BCUT2D eigenvalue weighted by Gasteiger charge is -2.19. The zero-order valence-corrected chi connectivity index (χ0v) is 12.0. The number of rotatable bonds is 9. The Balaban J connectivity index is 2.60. The van der Waals surface area contributed by atoms with Gasteiger partial charge >= 0.3 is 0 Å². The van der Waals surface area contributed by atoms with Crippen molar-refractivity contribution in [1.29, 1.82) is 0 Å². The SMILES string of the molecule is CCCNC(CCOCC)c1ccc(CC)cc1. The Morgan fingerprint density at radius 2 is 1.83 bits per heavy atom. The van der Waals surface area contributed by atoms with Crippen LogP contribution in [0.15, 0.2) is 24.3 Å². The number of hydrogen-bond donors (Lipinski definition) is 1. The van der Waals surface area contributed by atoms with E-state index in [1.807, 2.05) is 6.92 Å². The molecule has 0 aromatic heterocycles. The Labute approximate surface area is 112 Å². The second-order valence-electron chi connectivity index (χ2n) is 4.59. The van der Waals surface area contributed by atoms with Crippen LogP contribution < -0.4 is 5.32 Å². The molecule has 1 aromatic carbocycles. The summed E-state index contributed by atoms with van der Waals surface area (Å²) in [6.07, 6.45) is 3.31. The molecule has 18 heavy (non-hydrogen) atoms. The standard InChI is InChI=1S/C16H27NO/c1-4-12-17-16(11-13-18-6-3)15-9-7-14(5-2)8-10-15/h7-10,16-17H,4-6,11-13H2,1-3H3. The van der Waals surface area contributed by atoms with E-state index in [-0.39, 0.29) is 0 Å². The highest BCUT2D eigenvalue weighted by Crippen LogP contribution is 2.18. The monoisotopic (exact) mass is 249 g/mol. The number of benzene rings is 1. The van der Waals surface area contributed by atoms with Gasteiger partial charge in [0.2, 0.25) is 0 Å². The molecular weight excluding hydrogens is 222 g/mol. The van der Waals surface area contributed by atoms with E-state index in [2.05, 4.69) is 43.4 Å². The summed E-state index contributed by atoms with van der Waals surface area (Å²) in [5.41, 5.74) is 2.78. The molecule has 0 amide bonds. The fourth-order valence-electron chi connectivity index (χ4n) is 2.04. The quantitative estimate of drug-likeness (QED) is 0.674. The van der Waals surface area contributed by atoms with Crippen molar-refractivity contribution in [2.45, 2.75) is 46.1 Å². The van der Waals surface area contributed by atoms with Gasteiger partial charge in [0.05, 0.1) is 0 Å². The van der Waals surface area contributed by atoms with E-state index in [1.54, 1.807) is 0 Å². The van der Waals surface area contributed by atoms with Crippen LogP contribution in [0.3, 0.4) is 0 Å². The first kappa shape index (κ1) is 15.2. The van der Waals surface area contributed by atoms with Crippen molar-refractivity contribution in [2.24, 2.45) is 0 Å². The van der Waals surface area contributed by atoms with Gasteiger partial charge in [0, 0.05) is 19.3 Å². The molecule has 1 N–H and O–H groups in total. The van der Waals surface area contributed by atoms with Crippen LogP contribution in [-0.4, -0.2) is 19.8 Å². The molecule has 0 radical (unpaired) electrons. The van der Waals surface area contributed by atoms with E-state index in [0.29, 0.717) is 6.04 Å². The third-order valence-electron chi connectivity index (χ3n) is 3.19. The van der Waals surface area contributed by atoms with Gasteiger partial charge in [-0.2, -0.15) is 0 Å². The first-order valence-corrected chi connectivity index (χ1v) is 7.21. The molecule has 2 heteroatoms. The summed E-state index contributed by atoms with van der Waals surface area (Å²) in [7, 11) is 0. The van der Waals surface area contributed by atoms with Gasteiger partial charge in [0.1, 0.15) is 0 Å². The summed E-state index contributed by atoms with van der Waals surface area (Å²) in [4.78, 5) is 0. The third kappa shape index (κ3) is 5.19. The minimum Gasteiger partial charge on any atom is -0.382 e. The van der Waals surface area contributed by atoms with E-state index in [4.69, 9.17) is 4.74 Å². The fraction of sp³-hybridized carbons (Fsp3) is 0.625. The van der Waals surface area contributed by atoms with Crippen molar-refractivity contribution in [2.75, 3.05) is 19.8 Å². The molecule has 1 aromatic rings. The van der Waals surface area contributed by atoms with Crippen LogP contribution in [0.1, 0.15) is 50.8 Å². The molecule has 1 unspecified atom stereocenters. The van der Waals surface area contributed by atoms with Crippen molar-refractivity contribution in [3.05, 3.63) is 35.4 Å². The molecule has 0 bridgehead atoms. The Kier molecular flexibility index (Phi) is 7.70. The molecule has 0 spiro atoms. The van der Waals surface area contributed by atoms with Gasteiger partial charge in [0.15, 0.2) is 0 Å². The molecule has 1 rings (SSSR count). The second kappa shape index (κ2) is 9.12. The highest BCUT2D eigenvalue weighted by atomic mass is 16.5. The smallest absolute Gasteiger partial charge is 0.0484 e. The van der Waals surface area contributed by atoms with Crippen molar-refractivity contribution < 1.29 is 4.74 Å². The van der Waals surface area contributed by atoms with Gasteiger partial charge in [-0.3, -0.25) is 0 Å². The fourth-order valence-corrected chi connectivity index (χ4v) is 2.04. The van der Waals surface area contributed by atoms with Crippen molar-refractivity contribution in [1.82, 2.24) is 5.32 Å². The summed E-state index contributed by atoms with van der Waals surface area (Å²) in [6, 6.07) is 9.38. The van der Waals surface area contributed by atoms with Gasteiger partial charge < -0.3 is 10.1 Å². The topological polar surface area (TPSA) is 21.3 Å². The highest BCUT2D eigenvalue weighted by Gasteiger charge is 2.10.